The van der Waals surface area contributed by atoms with Gasteiger partial charge in [0.2, 0.25) is 11.6 Å². The molecule has 0 aliphatic rings. The normalized spacial score (nSPS) is 12.1. The fraction of sp³-hybridized carbons (Fsp3) is 0.120. The van der Waals surface area contributed by atoms with Crippen molar-refractivity contribution in [2.45, 2.75) is 19.4 Å². The van der Waals surface area contributed by atoms with Crippen molar-refractivity contribution in [3.8, 4) is 11.5 Å². The molecule has 0 radical (unpaired) electrons. The molecule has 5 aromatic rings. The van der Waals surface area contributed by atoms with Crippen LogP contribution in [0.3, 0.4) is 0 Å². The maximum atomic E-state index is 13.4. The summed E-state index contributed by atoms with van der Waals surface area (Å²) in [5.74, 6) is -0.331. The topological polar surface area (TPSA) is 83.0 Å². The van der Waals surface area contributed by atoms with E-state index in [2.05, 4.69) is 15.1 Å². The lowest BCUT2D eigenvalue weighted by atomic mass is 10.1. The van der Waals surface area contributed by atoms with E-state index in [4.69, 9.17) is 32.6 Å². The second-order valence-corrected chi connectivity index (χ2v) is 8.51. The molecular formula is C25H18Cl2N4O3. The quantitative estimate of drug-likeness (QED) is 0.271. The molecular weight excluding hydrogens is 475 g/mol. The molecule has 0 saturated heterocycles. The van der Waals surface area contributed by atoms with E-state index in [1.165, 1.54) is 4.73 Å². The molecule has 34 heavy (non-hydrogen) atoms. The first-order valence-corrected chi connectivity index (χ1v) is 11.3. The summed E-state index contributed by atoms with van der Waals surface area (Å²) >= 11 is 12.7. The number of hydrogen-bond donors (Lipinski definition) is 0. The molecule has 1 atom stereocenters. The number of rotatable bonds is 7. The summed E-state index contributed by atoms with van der Waals surface area (Å²) < 4.78 is 6.77. The van der Waals surface area contributed by atoms with Crippen LogP contribution in [0.15, 0.2) is 77.6 Å². The summed E-state index contributed by atoms with van der Waals surface area (Å²) in [7, 11) is 0. The number of ketones is 1. The van der Waals surface area contributed by atoms with Crippen LogP contribution in [-0.4, -0.2) is 31.7 Å². The highest BCUT2D eigenvalue weighted by Crippen LogP contribution is 2.31. The molecule has 0 spiro atoms. The number of pyridine rings is 1. The van der Waals surface area contributed by atoms with E-state index in [1.54, 1.807) is 24.5 Å². The summed E-state index contributed by atoms with van der Waals surface area (Å²) in [5.41, 5.74) is 2.64. The Labute approximate surface area is 204 Å². The molecule has 1 unspecified atom stereocenters. The zero-order valence-electron chi connectivity index (χ0n) is 18.0. The third kappa shape index (κ3) is 4.27. The van der Waals surface area contributed by atoms with E-state index < -0.39 is 5.78 Å². The highest BCUT2D eigenvalue weighted by molar-refractivity contribution is 6.36. The Morgan fingerprint density at radius 2 is 1.79 bits per heavy atom. The van der Waals surface area contributed by atoms with Crippen LogP contribution < -0.4 is 4.84 Å². The Balaban J connectivity index is 1.47. The van der Waals surface area contributed by atoms with Crippen LogP contribution >= 0.6 is 23.2 Å². The molecule has 0 saturated carbocycles. The fourth-order valence-corrected chi connectivity index (χ4v) is 4.15. The molecule has 0 aliphatic heterocycles. The number of hydrogen-bond acceptors (Lipinski definition) is 6. The van der Waals surface area contributed by atoms with Gasteiger partial charge < -0.3 is 9.36 Å². The Morgan fingerprint density at radius 1 is 1.06 bits per heavy atom. The van der Waals surface area contributed by atoms with Crippen LogP contribution in [-0.2, 0) is 6.42 Å². The average Bonchev–Trinajstić information content (AvgIpc) is 3.45. The van der Waals surface area contributed by atoms with E-state index in [-0.39, 0.29) is 28.5 Å². The SMILES string of the molecule is CC(Cc1ccc(Cl)cc1)On1c(Cl)c(C(=O)c2noc(-c3ccncc3)n2)c2ccccc21. The van der Waals surface area contributed by atoms with Gasteiger partial charge in [-0.2, -0.15) is 9.71 Å². The number of para-hydroxylation sites is 1. The highest BCUT2D eigenvalue weighted by atomic mass is 35.5. The number of carbonyl (C=O) groups excluding carboxylic acids is 1. The van der Waals surface area contributed by atoms with Gasteiger partial charge in [-0.1, -0.05) is 58.7 Å². The van der Waals surface area contributed by atoms with Crippen LogP contribution in [0.4, 0.5) is 0 Å². The second-order valence-electron chi connectivity index (χ2n) is 7.71. The van der Waals surface area contributed by atoms with E-state index in [0.717, 1.165) is 5.56 Å². The van der Waals surface area contributed by atoms with Gasteiger partial charge in [-0.3, -0.25) is 9.78 Å². The summed E-state index contributed by atoms with van der Waals surface area (Å²) in [6.45, 7) is 1.93. The number of aromatic nitrogens is 4. The standard InChI is InChI=1S/C25H18Cl2N4O3/c1-15(14-16-6-8-18(26)9-7-16)34-31-20-5-3-2-4-19(20)21(23(31)27)22(32)24-29-25(33-30-24)17-10-12-28-13-11-17/h2-13,15H,14H2,1H3. The van der Waals surface area contributed by atoms with Crippen molar-refractivity contribution in [2.24, 2.45) is 0 Å². The lowest BCUT2D eigenvalue weighted by molar-refractivity contribution is 0.0572. The fourth-order valence-electron chi connectivity index (χ4n) is 3.71. The molecule has 0 fully saturated rings. The minimum atomic E-state index is -0.460. The maximum Gasteiger partial charge on any atom is 0.258 e. The van der Waals surface area contributed by atoms with Crippen LogP contribution in [0.25, 0.3) is 22.4 Å². The molecule has 0 N–H and O–H groups in total. The molecule has 5 rings (SSSR count). The third-order valence-corrected chi connectivity index (χ3v) is 5.88. The zero-order chi connectivity index (χ0) is 23.7. The van der Waals surface area contributed by atoms with Gasteiger partial charge in [0.1, 0.15) is 6.10 Å². The lowest BCUT2D eigenvalue weighted by Gasteiger charge is -2.17. The third-order valence-electron chi connectivity index (χ3n) is 5.28. The van der Waals surface area contributed by atoms with Gasteiger partial charge in [0.15, 0.2) is 5.15 Å². The zero-order valence-corrected chi connectivity index (χ0v) is 19.5. The Bertz CT molecular complexity index is 1460. The first-order valence-electron chi connectivity index (χ1n) is 10.5. The molecule has 170 valence electrons. The van der Waals surface area contributed by atoms with Gasteiger partial charge in [-0.15, -0.1) is 0 Å². The van der Waals surface area contributed by atoms with Crippen molar-refractivity contribution in [3.63, 3.8) is 0 Å². The van der Waals surface area contributed by atoms with Crippen molar-refractivity contribution in [3.05, 3.63) is 100 Å². The highest BCUT2D eigenvalue weighted by Gasteiger charge is 2.27. The summed E-state index contributed by atoms with van der Waals surface area (Å²) in [6.07, 6.45) is 3.60. The Hall–Kier alpha value is -3.68. The van der Waals surface area contributed by atoms with Crippen LogP contribution in [0.1, 0.15) is 28.7 Å². The van der Waals surface area contributed by atoms with Crippen LogP contribution in [0.5, 0.6) is 0 Å². The van der Waals surface area contributed by atoms with E-state index in [1.807, 2.05) is 55.5 Å². The van der Waals surface area contributed by atoms with Crippen molar-refractivity contribution in [1.29, 1.82) is 0 Å². The van der Waals surface area contributed by atoms with Gasteiger partial charge in [0, 0.05) is 34.8 Å². The summed E-state index contributed by atoms with van der Waals surface area (Å²) in [5, 5.41) is 5.32. The minimum absolute atomic E-state index is 0.0918. The van der Waals surface area contributed by atoms with E-state index in [9.17, 15) is 4.79 Å². The van der Waals surface area contributed by atoms with Crippen molar-refractivity contribution in [1.82, 2.24) is 19.9 Å². The Morgan fingerprint density at radius 3 is 2.56 bits per heavy atom. The first kappa shape index (κ1) is 22.1. The number of fused-ring (bicyclic) bond motifs is 1. The molecule has 0 amide bonds. The average molecular weight is 493 g/mol. The molecule has 0 aliphatic carbocycles. The van der Waals surface area contributed by atoms with Gasteiger partial charge in [0.25, 0.3) is 5.89 Å². The first-order chi connectivity index (χ1) is 16.5. The molecule has 3 heterocycles. The van der Waals surface area contributed by atoms with Crippen molar-refractivity contribution >= 4 is 39.9 Å². The van der Waals surface area contributed by atoms with Gasteiger partial charge in [-0.05, 0) is 42.8 Å². The maximum absolute atomic E-state index is 13.4. The van der Waals surface area contributed by atoms with Gasteiger partial charge in [0.05, 0.1) is 11.1 Å². The second kappa shape index (κ2) is 9.29. The minimum Gasteiger partial charge on any atom is -0.409 e. The van der Waals surface area contributed by atoms with Crippen molar-refractivity contribution in [2.75, 3.05) is 0 Å². The van der Waals surface area contributed by atoms with E-state index >= 15 is 0 Å². The monoisotopic (exact) mass is 492 g/mol. The number of benzene rings is 2. The number of nitrogens with zero attached hydrogens (tertiary/aromatic N) is 4. The summed E-state index contributed by atoms with van der Waals surface area (Å²) in [6, 6.07) is 18.3. The van der Waals surface area contributed by atoms with Crippen LogP contribution in [0.2, 0.25) is 10.2 Å². The largest absolute Gasteiger partial charge is 0.409 e. The lowest BCUT2D eigenvalue weighted by Crippen LogP contribution is -2.24. The molecule has 0 bridgehead atoms. The van der Waals surface area contributed by atoms with Gasteiger partial charge in [-0.25, -0.2) is 0 Å². The summed E-state index contributed by atoms with van der Waals surface area (Å²) in [4.78, 5) is 27.8. The van der Waals surface area contributed by atoms with Crippen molar-refractivity contribution < 1.29 is 14.2 Å². The van der Waals surface area contributed by atoms with E-state index in [0.29, 0.717) is 27.9 Å². The van der Waals surface area contributed by atoms with Crippen LogP contribution in [0, 0.1) is 0 Å². The smallest absolute Gasteiger partial charge is 0.258 e. The Kier molecular flexibility index (Phi) is 6.04. The number of halogens is 2. The molecule has 2 aromatic carbocycles. The molecule has 3 aromatic heterocycles. The predicted molar refractivity (Wildman–Crippen MR) is 129 cm³/mol. The molecule has 9 heteroatoms. The number of carbonyl (C=O) groups is 1. The predicted octanol–water partition coefficient (Wildman–Crippen LogP) is 5.68. The van der Waals surface area contributed by atoms with Gasteiger partial charge >= 0.3 is 0 Å². The molecule has 7 nitrogen and oxygen atoms in total.